The van der Waals surface area contributed by atoms with Crippen molar-refractivity contribution in [1.82, 2.24) is 0 Å². The van der Waals surface area contributed by atoms with Crippen molar-refractivity contribution < 1.29 is 0 Å². The Bertz CT molecular complexity index is 435. The van der Waals surface area contributed by atoms with Gasteiger partial charge < -0.3 is 5.73 Å². The van der Waals surface area contributed by atoms with Crippen molar-refractivity contribution in [3.8, 4) is 6.07 Å². The van der Waals surface area contributed by atoms with Gasteiger partial charge in [-0.3, -0.25) is 0 Å². The second-order valence-electron chi connectivity index (χ2n) is 4.31. The summed E-state index contributed by atoms with van der Waals surface area (Å²) in [5.41, 5.74) is 6.88. The third kappa shape index (κ3) is 2.63. The van der Waals surface area contributed by atoms with Gasteiger partial charge in [-0.25, -0.2) is 0 Å². The van der Waals surface area contributed by atoms with Crippen molar-refractivity contribution >= 4 is 29.1 Å². The molecule has 2 rings (SSSR count). The van der Waals surface area contributed by atoms with E-state index in [9.17, 15) is 0 Å². The van der Waals surface area contributed by atoms with Gasteiger partial charge in [-0.1, -0.05) is 11.6 Å². The van der Waals surface area contributed by atoms with Gasteiger partial charge in [-0.2, -0.15) is 5.26 Å². The third-order valence-electron chi connectivity index (χ3n) is 2.92. The molecule has 0 aliphatic heterocycles. The number of hydrogen-bond donors (Lipinski definition) is 1. The summed E-state index contributed by atoms with van der Waals surface area (Å²) < 4.78 is 0. The first-order valence-corrected chi connectivity index (χ1v) is 6.56. The fourth-order valence-electron chi connectivity index (χ4n) is 1.58. The summed E-state index contributed by atoms with van der Waals surface area (Å²) in [6, 6.07) is 7.78. The zero-order chi connectivity index (χ0) is 11.6. The van der Waals surface area contributed by atoms with Crippen LogP contribution in [-0.2, 0) is 0 Å². The van der Waals surface area contributed by atoms with Crippen LogP contribution < -0.4 is 5.73 Å². The van der Waals surface area contributed by atoms with Crippen LogP contribution in [0.1, 0.15) is 19.3 Å². The first-order valence-electron chi connectivity index (χ1n) is 5.20. The van der Waals surface area contributed by atoms with Crippen molar-refractivity contribution in [2.24, 2.45) is 5.41 Å². The Morgan fingerprint density at radius 3 is 2.88 bits per heavy atom. The van der Waals surface area contributed by atoms with E-state index in [2.05, 4.69) is 6.07 Å². The van der Waals surface area contributed by atoms with E-state index in [1.54, 1.807) is 17.8 Å². The minimum Gasteiger partial charge on any atom is -0.398 e. The zero-order valence-corrected chi connectivity index (χ0v) is 10.4. The molecule has 2 nitrogen and oxygen atoms in total. The number of hydrogen-bond acceptors (Lipinski definition) is 3. The van der Waals surface area contributed by atoms with Crippen LogP contribution in [0.25, 0.3) is 0 Å². The van der Waals surface area contributed by atoms with Gasteiger partial charge in [0.1, 0.15) is 0 Å². The first-order chi connectivity index (χ1) is 7.65. The second-order valence-corrected chi connectivity index (χ2v) is 5.76. The summed E-state index contributed by atoms with van der Waals surface area (Å²) in [6.07, 6.45) is 2.97. The average Bonchev–Trinajstić information content (AvgIpc) is 3.01. The van der Waals surface area contributed by atoms with E-state index in [4.69, 9.17) is 22.6 Å². The molecular weight excluding hydrogens is 240 g/mol. The molecule has 0 unspecified atom stereocenters. The van der Waals surface area contributed by atoms with Crippen LogP contribution in [-0.4, -0.2) is 5.75 Å². The largest absolute Gasteiger partial charge is 0.398 e. The normalized spacial score (nSPS) is 16.8. The van der Waals surface area contributed by atoms with Crippen molar-refractivity contribution in [3.05, 3.63) is 23.2 Å². The number of halogens is 1. The molecule has 1 aromatic rings. The second kappa shape index (κ2) is 4.57. The van der Waals surface area contributed by atoms with Crippen LogP contribution in [0, 0.1) is 16.7 Å². The summed E-state index contributed by atoms with van der Waals surface area (Å²) in [4.78, 5) is 1.02. The smallest absolute Gasteiger partial charge is 0.0627 e. The van der Waals surface area contributed by atoms with E-state index < -0.39 is 0 Å². The van der Waals surface area contributed by atoms with Gasteiger partial charge in [0, 0.05) is 27.8 Å². The highest BCUT2D eigenvalue weighted by Gasteiger charge is 2.42. The van der Waals surface area contributed by atoms with E-state index in [0.29, 0.717) is 11.4 Å². The maximum absolute atomic E-state index is 8.73. The Morgan fingerprint density at radius 1 is 1.50 bits per heavy atom. The Hall–Kier alpha value is -0.850. The maximum atomic E-state index is 8.73. The summed E-state index contributed by atoms with van der Waals surface area (Å²) in [6.45, 7) is 0. The molecular formula is C12H13ClN2S. The minimum absolute atomic E-state index is 0.244. The molecule has 0 aromatic heterocycles. The lowest BCUT2D eigenvalue weighted by Crippen LogP contribution is -2.02. The molecule has 2 N–H and O–H groups in total. The Labute approximate surface area is 105 Å². The van der Waals surface area contributed by atoms with Crippen molar-refractivity contribution in [3.63, 3.8) is 0 Å². The number of anilines is 1. The molecule has 0 spiro atoms. The number of thioether (sulfide) groups is 1. The molecule has 0 heterocycles. The molecule has 1 saturated carbocycles. The Balaban J connectivity index is 2.00. The fraction of sp³-hybridized carbons (Fsp3) is 0.417. The van der Waals surface area contributed by atoms with Crippen LogP contribution in [0.3, 0.4) is 0 Å². The molecule has 0 radical (unpaired) electrons. The quantitative estimate of drug-likeness (QED) is 0.657. The molecule has 1 aromatic carbocycles. The van der Waals surface area contributed by atoms with Gasteiger partial charge >= 0.3 is 0 Å². The predicted octanol–water partition coefficient (Wildman–Crippen LogP) is 3.71. The van der Waals surface area contributed by atoms with E-state index in [1.807, 2.05) is 12.1 Å². The maximum Gasteiger partial charge on any atom is 0.0627 e. The molecule has 0 bridgehead atoms. The van der Waals surface area contributed by atoms with Crippen molar-refractivity contribution in [1.29, 1.82) is 5.26 Å². The molecule has 4 heteroatoms. The number of nitrogens with zero attached hydrogens (tertiary/aromatic N) is 1. The number of benzene rings is 1. The van der Waals surface area contributed by atoms with Crippen LogP contribution in [0.5, 0.6) is 0 Å². The molecule has 0 amide bonds. The first kappa shape index (κ1) is 11.6. The predicted molar refractivity (Wildman–Crippen MR) is 68.5 cm³/mol. The SMILES string of the molecule is N#CCC1(CSc2cc(Cl)ccc2N)CC1. The van der Waals surface area contributed by atoms with E-state index in [0.717, 1.165) is 29.2 Å². The van der Waals surface area contributed by atoms with Gasteiger partial charge in [0.25, 0.3) is 0 Å². The molecule has 0 saturated heterocycles. The third-order valence-corrected chi connectivity index (χ3v) is 4.58. The highest BCUT2D eigenvalue weighted by Crippen LogP contribution is 2.52. The summed E-state index contributed by atoms with van der Waals surface area (Å²) in [7, 11) is 0. The average molecular weight is 253 g/mol. The van der Waals surface area contributed by atoms with Gasteiger partial charge in [-0.05, 0) is 36.5 Å². The summed E-state index contributed by atoms with van der Waals surface area (Å²) in [5, 5.41) is 9.44. The Morgan fingerprint density at radius 2 is 2.25 bits per heavy atom. The number of nitrogens with two attached hydrogens (primary N) is 1. The zero-order valence-electron chi connectivity index (χ0n) is 8.87. The van der Waals surface area contributed by atoms with Crippen LogP contribution in [0.4, 0.5) is 5.69 Å². The Kier molecular flexibility index (Phi) is 3.32. The number of nitrogen functional groups attached to an aromatic ring is 1. The molecule has 1 fully saturated rings. The molecule has 0 atom stereocenters. The monoisotopic (exact) mass is 252 g/mol. The molecule has 1 aliphatic carbocycles. The van der Waals surface area contributed by atoms with Crippen LogP contribution in [0.15, 0.2) is 23.1 Å². The number of nitriles is 1. The van der Waals surface area contributed by atoms with Crippen LogP contribution >= 0.6 is 23.4 Å². The lowest BCUT2D eigenvalue weighted by Gasteiger charge is -2.11. The van der Waals surface area contributed by atoms with E-state index in [1.165, 1.54) is 0 Å². The van der Waals surface area contributed by atoms with E-state index >= 15 is 0 Å². The highest BCUT2D eigenvalue weighted by molar-refractivity contribution is 7.99. The molecule has 1 aliphatic rings. The van der Waals surface area contributed by atoms with Gasteiger partial charge in [0.15, 0.2) is 0 Å². The standard InChI is InChI=1S/C12H13ClN2S/c13-9-1-2-10(15)11(7-9)16-8-12(3-4-12)5-6-14/h1-2,7H,3-5,8,15H2. The highest BCUT2D eigenvalue weighted by atomic mass is 35.5. The van der Waals surface area contributed by atoms with Gasteiger partial charge in [0.2, 0.25) is 0 Å². The van der Waals surface area contributed by atoms with Gasteiger partial charge in [0.05, 0.1) is 6.07 Å². The summed E-state index contributed by atoms with van der Waals surface area (Å²) in [5.74, 6) is 0.963. The van der Waals surface area contributed by atoms with Crippen LogP contribution in [0.2, 0.25) is 5.02 Å². The number of rotatable bonds is 4. The minimum atomic E-state index is 0.244. The fourth-order valence-corrected chi connectivity index (χ4v) is 3.11. The summed E-state index contributed by atoms with van der Waals surface area (Å²) >= 11 is 7.63. The van der Waals surface area contributed by atoms with E-state index in [-0.39, 0.29) is 5.41 Å². The van der Waals surface area contributed by atoms with Crippen molar-refractivity contribution in [2.75, 3.05) is 11.5 Å². The molecule has 16 heavy (non-hydrogen) atoms. The topological polar surface area (TPSA) is 49.8 Å². The molecule has 84 valence electrons. The van der Waals surface area contributed by atoms with Gasteiger partial charge in [-0.15, -0.1) is 11.8 Å². The lowest BCUT2D eigenvalue weighted by atomic mass is 10.1. The lowest BCUT2D eigenvalue weighted by molar-refractivity contribution is 0.604. The van der Waals surface area contributed by atoms with Crippen molar-refractivity contribution in [2.45, 2.75) is 24.2 Å².